The number of pyridine rings is 1. The van der Waals surface area contributed by atoms with E-state index in [-0.39, 0.29) is 85.1 Å². The molecule has 12 aromatic rings. The maximum Gasteiger partial charge on any atom is 0.395 e. The summed E-state index contributed by atoms with van der Waals surface area (Å²) < 4.78 is 113. The number of aromatic nitrogens is 12. The number of carbonyl (C=O) groups excluding carboxylic acids is 4. The highest BCUT2D eigenvalue weighted by Crippen LogP contribution is 2.47. The lowest BCUT2D eigenvalue weighted by atomic mass is 9.77. The van der Waals surface area contributed by atoms with Crippen LogP contribution >= 0.6 is 34.0 Å². The third-order valence-corrected chi connectivity index (χ3v) is 34.1. The number of carbonyl (C=O) groups is 4. The summed E-state index contributed by atoms with van der Waals surface area (Å²) in [6, 6.07) is 25.9. The molecule has 0 radical (unpaired) electrons. The fourth-order valence-electron chi connectivity index (χ4n) is 21.6. The van der Waals surface area contributed by atoms with Crippen molar-refractivity contribution in [3.8, 4) is 0 Å². The smallest absolute Gasteiger partial charge is 0.385 e. The zero-order valence-electron chi connectivity index (χ0n) is 83.8. The van der Waals surface area contributed by atoms with Crippen LogP contribution in [0.5, 0.6) is 0 Å². The summed E-state index contributed by atoms with van der Waals surface area (Å²) >= 11 is 4.64. The van der Waals surface area contributed by atoms with Crippen molar-refractivity contribution in [2.24, 2.45) is 28.2 Å². The average Bonchev–Trinajstić information content (AvgIpc) is 1.63. The van der Waals surface area contributed by atoms with Crippen molar-refractivity contribution < 1.29 is 74.7 Å². The molecule has 4 unspecified atom stereocenters. The molecule has 12 heterocycles. The number of aliphatic hydroxyl groups is 4. The van der Waals surface area contributed by atoms with Gasteiger partial charge in [0.15, 0.2) is 23.3 Å². The predicted molar refractivity (Wildman–Crippen MR) is 548 cm³/mol. The SMILES string of the molecule is CC(F)c1ccc2c(c1)c(NCC(=O)NC1CN(C3CCC(O)(c4cncs4)CC3)C1)nn2C.CC(F)c1ccc2c(c1)c(NCC(=O)NC1CN(C3CCC(O)(c4nccs4)CC3)C1)nn2C.CCc1ncc(C2(O)CCC(N3CC(NC(=O)CNc4nn(C)c5ccc(C(C)C(F)(F)F)cc45)C3)CC2)s1.Cc1ccc(C2(O)CCC(N3CC(NC(=O)CNc4nn(C)c5ccc(C(C)C(F)(F)F)cc45)C3)CC2)cn1. The van der Waals surface area contributed by atoms with Crippen molar-refractivity contribution in [2.75, 3.05) is 99.8 Å². The summed E-state index contributed by atoms with van der Waals surface area (Å²) in [6.07, 6.45) is 10.3. The third kappa shape index (κ3) is 24.4. The summed E-state index contributed by atoms with van der Waals surface area (Å²) in [4.78, 5) is 78.8. The number of nitrogens with one attached hydrogen (secondary N) is 8. The highest BCUT2D eigenvalue weighted by atomic mass is 32.1. The Balaban J connectivity index is 0.000000133. The van der Waals surface area contributed by atoms with Gasteiger partial charge in [-0.2, -0.15) is 46.7 Å². The molecule has 4 amide bonds. The number of amides is 4. The Morgan fingerprint density at radius 2 is 0.747 bits per heavy atom. The van der Waals surface area contributed by atoms with Gasteiger partial charge in [0.1, 0.15) is 34.2 Å². The number of hydrogen-bond acceptors (Lipinski definition) is 27. The number of benzene rings is 4. The van der Waals surface area contributed by atoms with Crippen molar-refractivity contribution >= 4 is 125 Å². The molecule has 4 saturated heterocycles. The molecule has 0 bridgehead atoms. The number of rotatable bonds is 29. The van der Waals surface area contributed by atoms with Crippen LogP contribution < -0.4 is 42.5 Å². The molecule has 4 saturated carbocycles. The molecule has 32 nitrogen and oxygen atoms in total. The maximum atomic E-state index is 13.7. The summed E-state index contributed by atoms with van der Waals surface area (Å²) in [5.41, 5.74) is 5.08. The number of aryl methyl sites for hydroxylation is 6. The normalized spacial score (nSPS) is 24.0. The van der Waals surface area contributed by atoms with Gasteiger partial charge in [-0.15, -0.1) is 34.0 Å². The summed E-state index contributed by atoms with van der Waals surface area (Å²) in [6.45, 7) is 15.8. The van der Waals surface area contributed by atoms with Crippen LogP contribution in [0.2, 0.25) is 0 Å². The molecule has 4 aromatic carbocycles. The van der Waals surface area contributed by atoms with Gasteiger partial charge < -0.3 is 63.0 Å². The van der Waals surface area contributed by atoms with Gasteiger partial charge in [-0.3, -0.25) is 67.5 Å². The minimum Gasteiger partial charge on any atom is -0.385 e. The summed E-state index contributed by atoms with van der Waals surface area (Å²) in [7, 11) is 7.10. The molecule has 8 aliphatic rings. The number of hydrogen-bond donors (Lipinski definition) is 12. The molecular weight excluding hydrogens is 1950 g/mol. The van der Waals surface area contributed by atoms with Crippen molar-refractivity contribution in [2.45, 2.75) is 258 Å². The van der Waals surface area contributed by atoms with Crippen LogP contribution in [0.1, 0.15) is 215 Å². The Morgan fingerprint density at radius 1 is 0.418 bits per heavy atom. The van der Waals surface area contributed by atoms with Crippen molar-refractivity contribution in [3.63, 3.8) is 0 Å². The molecule has 20 rings (SSSR count). The molecule has 8 fully saturated rings. The zero-order valence-corrected chi connectivity index (χ0v) is 86.3. The average molecular weight is 2080 g/mol. The minimum atomic E-state index is -4.34. The van der Waals surface area contributed by atoms with Crippen LogP contribution in [0.3, 0.4) is 0 Å². The monoisotopic (exact) mass is 2080 g/mol. The molecule has 12 N–H and O–H groups in total. The molecule has 4 aliphatic heterocycles. The zero-order chi connectivity index (χ0) is 104. The van der Waals surface area contributed by atoms with E-state index >= 15 is 0 Å². The standard InChI is InChI=1S/C28H35F3N6O2.C27H35F3N6O2S.2C24H31FN6O2S/c1-17-4-6-20(13-32-17)27(39)10-8-22(9-11-27)37-15-21(16-37)34-25(38)14-33-26-23-12-19(18(2)28(29,30)31)5-7-24(23)36(3)35-26;1-4-24-31-12-22(39-24)26(38)9-7-19(8-10-26)36-14-18(15-36)33-23(37)13-32-25-20-11-17(16(2)27(28,29)30)5-6-21(20)35(3)34-25;1-15(25)16-3-4-20-19(9-16)23(29-30(20)2)27-11-22(32)28-17-12-31(13-17)18-5-7-24(33,8-6-18)21-10-26-14-34-21;1-15(25)16-3-4-20-19(11-16)22(29-30(20)2)27-12-21(32)28-17-13-31(14-17)18-5-7-24(33,8-6-18)23-26-9-10-34-23/h4-7,12-13,18,21-22,39H,8-11,14-16H2,1-3H3,(H,33,35)(H,34,38);5-6,11-12,16,18-19,38H,4,7-10,13-15H2,1-3H3,(H,32,34)(H,33,37);3-4,9-10,14-15,17-18,33H,5-8,11-13H2,1-2H3,(H,27,29)(H,28,32);3-4,9-11,15,17-18,33H,5-8,12-14H2,1-2H3,(H,27,29)(H,28,32). The van der Waals surface area contributed by atoms with E-state index in [1.165, 1.54) is 60.8 Å². The quantitative estimate of drug-likeness (QED) is 0.0194. The third-order valence-electron chi connectivity index (χ3n) is 30.8. The van der Waals surface area contributed by atoms with E-state index in [0.717, 1.165) is 203 Å². The lowest BCUT2D eigenvalue weighted by Gasteiger charge is -2.48. The van der Waals surface area contributed by atoms with Crippen molar-refractivity contribution in [3.05, 3.63) is 174 Å². The molecule has 43 heteroatoms. The first-order chi connectivity index (χ1) is 69.5. The van der Waals surface area contributed by atoms with Gasteiger partial charge >= 0.3 is 12.4 Å². The van der Waals surface area contributed by atoms with E-state index in [4.69, 9.17) is 0 Å². The maximum absolute atomic E-state index is 13.7. The number of halogens is 8. The Hall–Kier alpha value is -11.0. The van der Waals surface area contributed by atoms with Gasteiger partial charge in [-0.25, -0.2) is 18.7 Å². The van der Waals surface area contributed by atoms with Gasteiger partial charge in [0.2, 0.25) is 23.6 Å². The first-order valence-electron chi connectivity index (χ1n) is 50.5. The Bertz CT molecular complexity index is 6310. The highest BCUT2D eigenvalue weighted by Gasteiger charge is 2.48. The second-order valence-corrected chi connectivity index (χ2v) is 43.9. The van der Waals surface area contributed by atoms with Crippen LogP contribution in [0.4, 0.5) is 58.4 Å². The molecule has 0 spiro atoms. The second kappa shape index (κ2) is 44.4. The fraction of sp³-hybridized carbons (Fsp3) is 0.553. The van der Waals surface area contributed by atoms with Crippen molar-refractivity contribution in [1.82, 2.24) is 99.9 Å². The summed E-state index contributed by atoms with van der Waals surface area (Å²) in [5.74, 6) is -1.81. The lowest BCUT2D eigenvalue weighted by Crippen LogP contribution is -2.63. The predicted octanol–water partition coefficient (Wildman–Crippen LogP) is 14.5. The Kier molecular flexibility index (Phi) is 32.3. The molecule has 146 heavy (non-hydrogen) atoms. The first-order valence-corrected chi connectivity index (χ1v) is 53.1. The second-order valence-electron chi connectivity index (χ2n) is 41.0. The first kappa shape index (κ1) is 106. The van der Waals surface area contributed by atoms with Gasteiger partial charge in [0.05, 0.1) is 110 Å². The van der Waals surface area contributed by atoms with E-state index in [1.807, 2.05) is 56.9 Å². The van der Waals surface area contributed by atoms with E-state index in [0.29, 0.717) is 106 Å². The van der Waals surface area contributed by atoms with Crippen molar-refractivity contribution in [1.29, 1.82) is 0 Å². The van der Waals surface area contributed by atoms with Gasteiger partial charge in [-0.05, 0) is 221 Å². The van der Waals surface area contributed by atoms with Crippen LogP contribution in [0.15, 0.2) is 121 Å². The number of anilines is 4. The van der Waals surface area contributed by atoms with Crippen LogP contribution in [-0.4, -0.2) is 262 Å². The fourth-order valence-corrected chi connectivity index (χ4v) is 24.1. The van der Waals surface area contributed by atoms with Gasteiger partial charge in [0, 0.05) is 168 Å². The van der Waals surface area contributed by atoms with Crippen LogP contribution in [-0.2, 0) is 76.2 Å². The Morgan fingerprint density at radius 3 is 1.04 bits per heavy atom. The Labute approximate surface area is 854 Å². The molecule has 8 aromatic heterocycles. The van der Waals surface area contributed by atoms with Gasteiger partial charge in [-0.1, -0.05) is 37.3 Å². The van der Waals surface area contributed by atoms with Crippen LogP contribution in [0.25, 0.3) is 43.6 Å². The number of thiazole rings is 3. The highest BCUT2D eigenvalue weighted by molar-refractivity contribution is 7.11. The van der Waals surface area contributed by atoms with E-state index < -0.39 is 58.9 Å². The number of likely N-dealkylation sites (tertiary alicyclic amines) is 4. The summed E-state index contributed by atoms with van der Waals surface area (Å²) in [5, 5.41) is 92.6. The minimum absolute atomic E-state index is 0.0211. The van der Waals surface area contributed by atoms with E-state index in [1.54, 1.807) is 105 Å². The number of alkyl halides is 8. The molecular formula is C103H132F8N24O8S3. The molecule has 786 valence electrons. The van der Waals surface area contributed by atoms with Gasteiger partial charge in [0.25, 0.3) is 0 Å². The largest absolute Gasteiger partial charge is 0.395 e. The number of fused-ring (bicyclic) bond motifs is 4. The molecule has 4 atom stereocenters. The topological polar surface area (TPSA) is 381 Å². The van der Waals surface area contributed by atoms with E-state index in [2.05, 4.69) is 109 Å². The van der Waals surface area contributed by atoms with Crippen LogP contribution in [0, 0.1) is 6.92 Å². The number of nitrogens with zero attached hydrogens (tertiary/aromatic N) is 16. The van der Waals surface area contributed by atoms with E-state index in [9.17, 15) is 74.7 Å². The molecule has 4 aliphatic carbocycles. The lowest BCUT2D eigenvalue weighted by molar-refractivity contribution is -0.147.